The van der Waals surface area contributed by atoms with E-state index in [-0.39, 0.29) is 24.2 Å². The summed E-state index contributed by atoms with van der Waals surface area (Å²) in [6.07, 6.45) is 3.33. The number of halogens is 2. The standard InChI is InChI=1S/C15H19ClN2O.ClH/c16-13-4-2-1-3-11(13)10-18-14(19)12-9-15(12)5-7-17-8-6-15;/h1-4,12,17H,5-10H2,(H,18,19);1H. The summed E-state index contributed by atoms with van der Waals surface area (Å²) in [5.74, 6) is 0.416. The van der Waals surface area contributed by atoms with Crippen LogP contribution in [0, 0.1) is 11.3 Å². The highest BCUT2D eigenvalue weighted by atomic mass is 35.5. The number of hydrogen-bond donors (Lipinski definition) is 2. The number of amides is 1. The first kappa shape index (κ1) is 15.6. The van der Waals surface area contributed by atoms with Crippen LogP contribution in [0.15, 0.2) is 24.3 Å². The number of hydrogen-bond acceptors (Lipinski definition) is 2. The molecule has 3 rings (SSSR count). The maximum absolute atomic E-state index is 12.2. The molecule has 1 amide bonds. The van der Waals surface area contributed by atoms with Gasteiger partial charge in [0, 0.05) is 17.5 Å². The van der Waals surface area contributed by atoms with Crippen molar-refractivity contribution >= 4 is 29.9 Å². The predicted molar refractivity (Wildman–Crippen MR) is 83.2 cm³/mol. The third kappa shape index (κ3) is 3.11. The summed E-state index contributed by atoms with van der Waals surface area (Å²) >= 11 is 6.09. The Balaban J connectivity index is 0.00000147. The van der Waals surface area contributed by atoms with Gasteiger partial charge in [-0.25, -0.2) is 0 Å². The molecular formula is C15H20Cl2N2O. The SMILES string of the molecule is Cl.O=C(NCc1ccccc1Cl)C1CC12CCNCC2. The number of nitrogens with one attached hydrogen (secondary N) is 2. The van der Waals surface area contributed by atoms with Crippen molar-refractivity contribution < 1.29 is 4.79 Å². The van der Waals surface area contributed by atoms with E-state index in [9.17, 15) is 4.79 Å². The highest BCUT2D eigenvalue weighted by Crippen LogP contribution is 2.58. The average molecular weight is 315 g/mol. The fourth-order valence-corrected chi connectivity index (χ4v) is 3.35. The zero-order chi connectivity index (χ0) is 13.3. The van der Waals surface area contributed by atoms with Gasteiger partial charge < -0.3 is 10.6 Å². The van der Waals surface area contributed by atoms with Crippen molar-refractivity contribution in [3.63, 3.8) is 0 Å². The Labute approximate surface area is 130 Å². The van der Waals surface area contributed by atoms with E-state index in [1.807, 2.05) is 24.3 Å². The molecule has 1 aromatic carbocycles. The van der Waals surface area contributed by atoms with Crippen molar-refractivity contribution in [1.29, 1.82) is 0 Å². The summed E-state index contributed by atoms with van der Waals surface area (Å²) in [6, 6.07) is 7.65. The Hall–Kier alpha value is -0.770. The molecule has 1 atom stereocenters. The molecule has 1 heterocycles. The number of piperidine rings is 1. The van der Waals surface area contributed by atoms with Gasteiger partial charge in [-0.2, -0.15) is 0 Å². The second-order valence-electron chi connectivity index (χ2n) is 5.68. The van der Waals surface area contributed by atoms with Crippen molar-refractivity contribution in [2.24, 2.45) is 11.3 Å². The summed E-state index contributed by atoms with van der Waals surface area (Å²) in [5, 5.41) is 7.10. The minimum Gasteiger partial charge on any atom is -0.352 e. The summed E-state index contributed by atoms with van der Waals surface area (Å²) < 4.78 is 0. The molecule has 3 nitrogen and oxygen atoms in total. The zero-order valence-corrected chi connectivity index (χ0v) is 12.9. The number of benzene rings is 1. The molecule has 1 unspecified atom stereocenters. The van der Waals surface area contributed by atoms with Crippen molar-refractivity contribution in [2.75, 3.05) is 13.1 Å². The van der Waals surface area contributed by atoms with E-state index >= 15 is 0 Å². The van der Waals surface area contributed by atoms with Gasteiger partial charge in [0.2, 0.25) is 5.91 Å². The highest BCUT2D eigenvalue weighted by Gasteiger charge is 2.57. The van der Waals surface area contributed by atoms with Crippen LogP contribution in [0.1, 0.15) is 24.8 Å². The molecule has 0 radical (unpaired) electrons. The first-order valence-corrected chi connectivity index (χ1v) is 7.31. The lowest BCUT2D eigenvalue weighted by molar-refractivity contribution is -0.123. The zero-order valence-electron chi connectivity index (χ0n) is 11.3. The summed E-state index contributed by atoms with van der Waals surface area (Å²) in [5.41, 5.74) is 1.29. The molecule has 1 spiro atoms. The van der Waals surface area contributed by atoms with Crippen LogP contribution < -0.4 is 10.6 Å². The van der Waals surface area contributed by atoms with Gasteiger partial charge in [0.05, 0.1) is 0 Å². The molecule has 0 bridgehead atoms. The van der Waals surface area contributed by atoms with Crippen LogP contribution in [0.25, 0.3) is 0 Å². The maximum Gasteiger partial charge on any atom is 0.223 e. The lowest BCUT2D eigenvalue weighted by Gasteiger charge is -2.23. The van der Waals surface area contributed by atoms with E-state index < -0.39 is 0 Å². The van der Waals surface area contributed by atoms with Crippen molar-refractivity contribution in [3.8, 4) is 0 Å². The monoisotopic (exact) mass is 314 g/mol. The Kier molecular flexibility index (Phi) is 4.95. The van der Waals surface area contributed by atoms with Gasteiger partial charge in [-0.05, 0) is 49.4 Å². The van der Waals surface area contributed by atoms with Crippen LogP contribution in [0.5, 0.6) is 0 Å². The van der Waals surface area contributed by atoms with E-state index in [1.165, 1.54) is 0 Å². The average Bonchev–Trinajstić information content (AvgIpc) is 3.12. The number of carbonyl (C=O) groups excluding carboxylic acids is 1. The van der Waals surface area contributed by atoms with Gasteiger partial charge in [-0.1, -0.05) is 29.8 Å². The fourth-order valence-electron chi connectivity index (χ4n) is 3.14. The fraction of sp³-hybridized carbons (Fsp3) is 0.533. The number of rotatable bonds is 3. The maximum atomic E-state index is 12.2. The largest absolute Gasteiger partial charge is 0.352 e. The van der Waals surface area contributed by atoms with Crippen molar-refractivity contribution in [1.82, 2.24) is 10.6 Å². The Bertz CT molecular complexity index is 487. The van der Waals surface area contributed by atoms with Gasteiger partial charge in [0.25, 0.3) is 0 Å². The van der Waals surface area contributed by atoms with Crippen LogP contribution in [0.3, 0.4) is 0 Å². The van der Waals surface area contributed by atoms with Crippen molar-refractivity contribution in [2.45, 2.75) is 25.8 Å². The summed E-state index contributed by atoms with van der Waals surface area (Å²) in [4.78, 5) is 12.2. The third-order valence-corrected chi connectivity index (χ3v) is 4.89. The molecule has 1 aliphatic carbocycles. The summed E-state index contributed by atoms with van der Waals surface area (Å²) in [7, 11) is 0. The molecule has 5 heteroatoms. The lowest BCUT2D eigenvalue weighted by atomic mass is 9.92. The smallest absolute Gasteiger partial charge is 0.223 e. The molecule has 2 N–H and O–H groups in total. The van der Waals surface area contributed by atoms with E-state index in [0.29, 0.717) is 12.0 Å². The molecule has 1 saturated carbocycles. The van der Waals surface area contributed by atoms with Gasteiger partial charge in [0.1, 0.15) is 0 Å². The first-order valence-electron chi connectivity index (χ1n) is 6.93. The molecule has 1 saturated heterocycles. The van der Waals surface area contributed by atoms with Gasteiger partial charge in [-0.3, -0.25) is 4.79 Å². The topological polar surface area (TPSA) is 41.1 Å². The van der Waals surface area contributed by atoms with Crippen LogP contribution in [0.2, 0.25) is 5.02 Å². The molecule has 0 aromatic heterocycles. The van der Waals surface area contributed by atoms with Crippen molar-refractivity contribution in [3.05, 3.63) is 34.9 Å². The van der Waals surface area contributed by atoms with Gasteiger partial charge >= 0.3 is 0 Å². The third-order valence-electron chi connectivity index (χ3n) is 4.52. The van der Waals surface area contributed by atoms with E-state index in [0.717, 1.165) is 42.9 Å². The Morgan fingerprint density at radius 1 is 1.35 bits per heavy atom. The van der Waals surface area contributed by atoms with Gasteiger partial charge in [0.15, 0.2) is 0 Å². The first-order chi connectivity index (χ1) is 9.21. The minimum atomic E-state index is 0. The molecular weight excluding hydrogens is 295 g/mol. The molecule has 110 valence electrons. The summed E-state index contributed by atoms with van der Waals surface area (Å²) in [6.45, 7) is 2.63. The van der Waals surface area contributed by atoms with Crippen LogP contribution in [-0.4, -0.2) is 19.0 Å². The van der Waals surface area contributed by atoms with E-state index in [2.05, 4.69) is 10.6 Å². The minimum absolute atomic E-state index is 0. The van der Waals surface area contributed by atoms with Crippen LogP contribution >= 0.6 is 24.0 Å². The Morgan fingerprint density at radius 3 is 2.75 bits per heavy atom. The molecule has 20 heavy (non-hydrogen) atoms. The molecule has 2 aliphatic rings. The Morgan fingerprint density at radius 2 is 2.05 bits per heavy atom. The quantitative estimate of drug-likeness (QED) is 0.900. The predicted octanol–water partition coefficient (Wildman–Crippen LogP) is 2.77. The van der Waals surface area contributed by atoms with Crippen LogP contribution in [-0.2, 0) is 11.3 Å². The highest BCUT2D eigenvalue weighted by molar-refractivity contribution is 6.31. The van der Waals surface area contributed by atoms with Gasteiger partial charge in [-0.15, -0.1) is 12.4 Å². The molecule has 1 aliphatic heterocycles. The molecule has 2 fully saturated rings. The van der Waals surface area contributed by atoms with Crippen LogP contribution in [0.4, 0.5) is 0 Å². The normalized spacial score (nSPS) is 22.9. The second kappa shape index (κ2) is 6.33. The lowest BCUT2D eigenvalue weighted by Crippen LogP contribution is -2.33. The number of carbonyl (C=O) groups is 1. The van der Waals surface area contributed by atoms with E-state index in [4.69, 9.17) is 11.6 Å². The molecule has 1 aromatic rings. The second-order valence-corrected chi connectivity index (χ2v) is 6.09. The van der Waals surface area contributed by atoms with E-state index in [1.54, 1.807) is 0 Å².